The number of aromatic nitrogens is 1. The van der Waals surface area contributed by atoms with Crippen LogP contribution in [-0.4, -0.2) is 37.5 Å². The SMILES string of the molecule is CCC1=C2CC=CC=C2N(CO)C2=C1Cn1c2cc(C(O)(CC)CC(=O)O)cc1=O. The van der Waals surface area contributed by atoms with Crippen LogP contribution in [0, 0.1) is 0 Å². The second-order valence-electron chi connectivity index (χ2n) is 7.90. The number of aliphatic hydroxyl groups excluding tert-OH is 1. The van der Waals surface area contributed by atoms with Gasteiger partial charge in [-0.3, -0.25) is 9.59 Å². The van der Waals surface area contributed by atoms with Gasteiger partial charge in [0, 0.05) is 17.3 Å². The summed E-state index contributed by atoms with van der Waals surface area (Å²) in [4.78, 5) is 26.1. The van der Waals surface area contributed by atoms with Crippen LogP contribution in [0.4, 0.5) is 0 Å². The molecule has 0 fully saturated rings. The van der Waals surface area contributed by atoms with Gasteiger partial charge in [-0.1, -0.05) is 26.0 Å². The van der Waals surface area contributed by atoms with Crippen LogP contribution in [0.2, 0.25) is 0 Å². The number of hydrogen-bond acceptors (Lipinski definition) is 5. The molecule has 0 aromatic carbocycles. The Balaban J connectivity index is 1.93. The highest BCUT2D eigenvalue weighted by Crippen LogP contribution is 2.46. The summed E-state index contributed by atoms with van der Waals surface area (Å²) < 4.78 is 1.63. The predicted octanol–water partition coefficient (Wildman–Crippen LogP) is 2.46. The summed E-state index contributed by atoms with van der Waals surface area (Å²) in [6.45, 7) is 3.93. The zero-order chi connectivity index (χ0) is 21.6. The molecule has 0 saturated carbocycles. The first-order valence-corrected chi connectivity index (χ1v) is 10.3. The van der Waals surface area contributed by atoms with Crippen LogP contribution in [0.3, 0.4) is 0 Å². The third-order valence-corrected chi connectivity index (χ3v) is 6.34. The number of aliphatic hydroxyl groups is 2. The molecule has 3 heterocycles. The maximum atomic E-state index is 13.0. The Morgan fingerprint density at radius 2 is 2.00 bits per heavy atom. The Morgan fingerprint density at radius 1 is 1.23 bits per heavy atom. The number of carboxylic acid groups (broad SMARTS) is 1. The minimum atomic E-state index is -1.63. The van der Waals surface area contributed by atoms with Crippen LogP contribution in [0.25, 0.3) is 5.70 Å². The van der Waals surface area contributed by atoms with E-state index >= 15 is 0 Å². The van der Waals surface area contributed by atoms with Crippen LogP contribution in [0.5, 0.6) is 0 Å². The molecule has 1 aliphatic carbocycles. The maximum absolute atomic E-state index is 13.0. The summed E-state index contributed by atoms with van der Waals surface area (Å²) in [5.41, 5.74) is 3.97. The molecule has 0 spiro atoms. The van der Waals surface area contributed by atoms with Gasteiger partial charge in [-0.25, -0.2) is 0 Å². The number of carbonyl (C=O) groups is 1. The monoisotopic (exact) mass is 410 g/mol. The molecule has 1 unspecified atom stereocenters. The van der Waals surface area contributed by atoms with Crippen molar-refractivity contribution in [2.45, 2.75) is 51.7 Å². The van der Waals surface area contributed by atoms with Gasteiger partial charge in [-0.05, 0) is 48.1 Å². The largest absolute Gasteiger partial charge is 0.481 e. The van der Waals surface area contributed by atoms with E-state index in [9.17, 15) is 24.9 Å². The van der Waals surface area contributed by atoms with E-state index < -0.39 is 18.0 Å². The molecule has 7 nitrogen and oxygen atoms in total. The number of hydrogen-bond donors (Lipinski definition) is 3. The highest BCUT2D eigenvalue weighted by atomic mass is 16.4. The first-order chi connectivity index (χ1) is 14.3. The van der Waals surface area contributed by atoms with E-state index in [1.165, 1.54) is 11.6 Å². The van der Waals surface area contributed by atoms with Crippen molar-refractivity contribution in [2.24, 2.45) is 0 Å². The quantitative estimate of drug-likeness (QED) is 0.666. The lowest BCUT2D eigenvalue weighted by Crippen LogP contribution is -2.32. The fraction of sp³-hybridized carbons (Fsp3) is 0.391. The second-order valence-corrected chi connectivity index (χ2v) is 7.90. The number of rotatable bonds is 6. The molecule has 158 valence electrons. The fourth-order valence-corrected chi connectivity index (χ4v) is 4.79. The zero-order valence-electron chi connectivity index (χ0n) is 17.2. The molecule has 0 radical (unpaired) electrons. The molecular weight excluding hydrogens is 384 g/mol. The first-order valence-electron chi connectivity index (χ1n) is 10.3. The molecule has 4 rings (SSSR count). The topological polar surface area (TPSA) is 103 Å². The molecule has 3 aliphatic rings. The Morgan fingerprint density at radius 3 is 2.63 bits per heavy atom. The number of carboxylic acids is 1. The van der Waals surface area contributed by atoms with Gasteiger partial charge in [0.15, 0.2) is 0 Å². The van der Waals surface area contributed by atoms with Gasteiger partial charge < -0.3 is 24.8 Å². The van der Waals surface area contributed by atoms with E-state index in [4.69, 9.17) is 0 Å². The van der Waals surface area contributed by atoms with E-state index in [2.05, 4.69) is 13.0 Å². The van der Waals surface area contributed by atoms with Crippen molar-refractivity contribution in [1.29, 1.82) is 0 Å². The predicted molar refractivity (Wildman–Crippen MR) is 112 cm³/mol. The summed E-state index contributed by atoms with van der Waals surface area (Å²) in [5.74, 6) is -1.13. The molecule has 3 N–H and O–H groups in total. The number of pyridine rings is 1. The van der Waals surface area contributed by atoms with Crippen molar-refractivity contribution in [3.05, 3.63) is 74.4 Å². The molecule has 0 saturated heterocycles. The van der Waals surface area contributed by atoms with Crippen molar-refractivity contribution >= 4 is 11.7 Å². The smallest absolute Gasteiger partial charge is 0.306 e. The van der Waals surface area contributed by atoms with Crippen molar-refractivity contribution in [3.63, 3.8) is 0 Å². The van der Waals surface area contributed by atoms with Crippen LogP contribution >= 0.6 is 0 Å². The van der Waals surface area contributed by atoms with E-state index in [1.807, 2.05) is 12.2 Å². The highest BCUT2D eigenvalue weighted by molar-refractivity contribution is 5.79. The Bertz CT molecular complexity index is 1110. The fourth-order valence-electron chi connectivity index (χ4n) is 4.79. The van der Waals surface area contributed by atoms with Crippen molar-refractivity contribution < 1.29 is 20.1 Å². The van der Waals surface area contributed by atoms with Crippen LogP contribution < -0.4 is 5.56 Å². The van der Waals surface area contributed by atoms with Gasteiger partial charge >= 0.3 is 5.97 Å². The number of aliphatic carboxylic acids is 1. The van der Waals surface area contributed by atoms with Crippen LogP contribution in [0.1, 0.15) is 50.8 Å². The highest BCUT2D eigenvalue weighted by Gasteiger charge is 2.38. The van der Waals surface area contributed by atoms with Gasteiger partial charge in [0.25, 0.3) is 5.56 Å². The molecular formula is C23H26N2O5. The molecule has 30 heavy (non-hydrogen) atoms. The van der Waals surface area contributed by atoms with Crippen LogP contribution in [0.15, 0.2) is 57.6 Å². The Hall–Kier alpha value is -2.90. The summed E-state index contributed by atoms with van der Waals surface area (Å²) in [6.07, 6.45) is 7.25. The Kier molecular flexibility index (Phi) is 5.03. The normalized spacial score (nSPS) is 19.3. The van der Waals surface area contributed by atoms with E-state index in [0.29, 0.717) is 17.8 Å². The third kappa shape index (κ3) is 2.97. The summed E-state index contributed by atoms with van der Waals surface area (Å²) in [6, 6.07) is 3.04. The molecule has 7 heteroatoms. The van der Waals surface area contributed by atoms with Gasteiger partial charge in [-0.15, -0.1) is 0 Å². The lowest BCUT2D eigenvalue weighted by atomic mass is 9.85. The van der Waals surface area contributed by atoms with Gasteiger partial charge in [0.05, 0.1) is 24.4 Å². The molecule has 1 aromatic heterocycles. The van der Waals surface area contributed by atoms with E-state index in [0.717, 1.165) is 35.4 Å². The van der Waals surface area contributed by atoms with E-state index in [1.54, 1.807) is 22.5 Å². The molecule has 1 aromatic rings. The zero-order valence-corrected chi connectivity index (χ0v) is 17.2. The third-order valence-electron chi connectivity index (χ3n) is 6.34. The minimum Gasteiger partial charge on any atom is -0.481 e. The lowest BCUT2D eigenvalue weighted by Gasteiger charge is -2.36. The maximum Gasteiger partial charge on any atom is 0.306 e. The lowest BCUT2D eigenvalue weighted by molar-refractivity contribution is -0.143. The standard InChI is InChI=1S/C23H26N2O5/c1-3-15-16-7-5-6-8-18(16)25(13-26)22-17(15)12-24-19(22)9-14(10-20(24)27)23(30,4-2)11-21(28)29/h5-6,8-10,26,30H,3-4,7,11-13H2,1-2H3,(H,28,29). The average molecular weight is 410 g/mol. The van der Waals surface area contributed by atoms with Crippen molar-refractivity contribution in [3.8, 4) is 0 Å². The van der Waals surface area contributed by atoms with Gasteiger partial charge in [-0.2, -0.15) is 0 Å². The molecule has 1 atom stereocenters. The van der Waals surface area contributed by atoms with Crippen molar-refractivity contribution in [2.75, 3.05) is 6.73 Å². The number of fused-ring (bicyclic) bond motifs is 3. The second kappa shape index (κ2) is 7.41. The molecule has 0 amide bonds. The molecule has 2 aliphatic heterocycles. The van der Waals surface area contributed by atoms with Gasteiger partial charge in [0.2, 0.25) is 0 Å². The number of nitrogens with zero attached hydrogens (tertiary/aromatic N) is 2. The number of allylic oxidation sites excluding steroid dienone is 6. The summed E-state index contributed by atoms with van der Waals surface area (Å²) in [5, 5.41) is 30.5. The van der Waals surface area contributed by atoms with E-state index in [-0.39, 0.29) is 18.7 Å². The van der Waals surface area contributed by atoms with Crippen LogP contribution in [-0.2, 0) is 16.9 Å². The average Bonchev–Trinajstić information content (AvgIpc) is 3.11. The Labute approximate surface area is 174 Å². The summed E-state index contributed by atoms with van der Waals surface area (Å²) >= 11 is 0. The van der Waals surface area contributed by atoms with Crippen molar-refractivity contribution in [1.82, 2.24) is 9.47 Å². The minimum absolute atomic E-state index is 0.165. The van der Waals surface area contributed by atoms with Gasteiger partial charge in [0.1, 0.15) is 12.3 Å². The summed E-state index contributed by atoms with van der Waals surface area (Å²) in [7, 11) is 0. The molecule has 0 bridgehead atoms. The first kappa shape index (κ1) is 20.4.